The fraction of sp³-hybridized carbons (Fsp3) is 0.615. The number of carbonyl (C=O) groups excluding carboxylic acids is 1. The summed E-state index contributed by atoms with van der Waals surface area (Å²) in [7, 11) is 0. The van der Waals surface area contributed by atoms with Crippen LogP contribution in [0.5, 0.6) is 0 Å². The van der Waals surface area contributed by atoms with Crippen LogP contribution in [0.1, 0.15) is 40.0 Å². The minimum Gasteiger partial charge on any atom is -0.290 e. The molecule has 16 heavy (non-hydrogen) atoms. The van der Waals surface area contributed by atoms with Gasteiger partial charge in [-0.1, -0.05) is 0 Å². The molecule has 0 aromatic heterocycles. The van der Waals surface area contributed by atoms with Crippen molar-refractivity contribution in [2.45, 2.75) is 51.2 Å². The van der Waals surface area contributed by atoms with Crippen molar-refractivity contribution in [2.75, 3.05) is 0 Å². The Bertz CT molecular complexity index is 360. The maximum absolute atomic E-state index is 11.3. The molecule has 0 aromatic carbocycles. The highest BCUT2D eigenvalue weighted by Gasteiger charge is 2.41. The lowest BCUT2D eigenvalue weighted by Gasteiger charge is -2.31. The normalized spacial score (nSPS) is 29.2. The lowest BCUT2D eigenvalue weighted by Crippen LogP contribution is -2.35. The first-order chi connectivity index (χ1) is 7.41. The van der Waals surface area contributed by atoms with Gasteiger partial charge in [0.2, 0.25) is 0 Å². The van der Waals surface area contributed by atoms with Gasteiger partial charge in [-0.05, 0) is 63.8 Å². The largest absolute Gasteiger partial charge is 0.290 e. The zero-order valence-electron chi connectivity index (χ0n) is 10.1. The molecule has 1 unspecified atom stereocenters. The Morgan fingerprint density at radius 2 is 2.12 bits per heavy atom. The van der Waals surface area contributed by atoms with Gasteiger partial charge in [-0.15, -0.1) is 0 Å². The first-order valence-corrected chi connectivity index (χ1v) is 5.72. The van der Waals surface area contributed by atoms with Crippen LogP contribution in [0.3, 0.4) is 0 Å². The number of allylic oxidation sites excluding steroid dienone is 2. The summed E-state index contributed by atoms with van der Waals surface area (Å²) in [6, 6.07) is 0. The van der Waals surface area contributed by atoms with Gasteiger partial charge in [0.25, 0.3) is 0 Å². The van der Waals surface area contributed by atoms with Crippen molar-refractivity contribution in [2.24, 2.45) is 0 Å². The van der Waals surface area contributed by atoms with E-state index in [0.717, 1.165) is 24.8 Å². The molecule has 0 spiro atoms. The van der Waals surface area contributed by atoms with E-state index < -0.39 is 5.60 Å². The van der Waals surface area contributed by atoms with Gasteiger partial charge >= 0.3 is 0 Å². The fourth-order valence-electron chi connectivity index (χ4n) is 2.06. The average Bonchev–Trinajstić information content (AvgIpc) is 2.57. The molecule has 0 aromatic rings. The minimum absolute atomic E-state index is 0.0480. The quantitative estimate of drug-likeness (QED) is 0.532. The molecule has 88 valence electrons. The number of hydrogen-bond donors (Lipinski definition) is 0. The minimum atomic E-state index is -0.485. The highest BCUT2D eigenvalue weighted by molar-refractivity contribution is 6.01. The summed E-state index contributed by atoms with van der Waals surface area (Å²) in [5, 5.41) is 0. The van der Waals surface area contributed by atoms with Gasteiger partial charge in [0.1, 0.15) is 5.60 Å². The second-order valence-electron chi connectivity index (χ2n) is 5.43. The molecule has 0 bridgehead atoms. The van der Waals surface area contributed by atoms with E-state index in [1.165, 1.54) is 0 Å². The van der Waals surface area contributed by atoms with Crippen LogP contribution in [-0.4, -0.2) is 17.0 Å². The van der Waals surface area contributed by atoms with Crippen molar-refractivity contribution < 1.29 is 14.6 Å². The molecular weight excluding hydrogens is 204 g/mol. The van der Waals surface area contributed by atoms with Crippen LogP contribution >= 0.6 is 0 Å². The standard InChI is InChI=1S/C13H18O3/c1-12(2,3)15-16-13-7-4-5-10(13)9-11(14)6-8-13/h6,8-9H,4-5,7H2,1-3H3. The Morgan fingerprint density at radius 3 is 2.81 bits per heavy atom. The molecule has 0 saturated heterocycles. The van der Waals surface area contributed by atoms with Crippen LogP contribution in [0, 0.1) is 0 Å². The van der Waals surface area contributed by atoms with E-state index in [4.69, 9.17) is 9.78 Å². The maximum atomic E-state index is 11.3. The Balaban J connectivity index is 2.14. The number of rotatable bonds is 2. The van der Waals surface area contributed by atoms with E-state index in [-0.39, 0.29) is 11.4 Å². The van der Waals surface area contributed by atoms with Crippen LogP contribution in [-0.2, 0) is 14.6 Å². The first kappa shape index (κ1) is 11.6. The monoisotopic (exact) mass is 222 g/mol. The zero-order chi connectivity index (χ0) is 11.8. The zero-order valence-corrected chi connectivity index (χ0v) is 10.1. The van der Waals surface area contributed by atoms with Crippen molar-refractivity contribution >= 4 is 5.78 Å². The SMILES string of the molecule is CC(C)(C)OOC12C=CC(=O)C=C1CCC2. The van der Waals surface area contributed by atoms with Crippen LogP contribution in [0.2, 0.25) is 0 Å². The van der Waals surface area contributed by atoms with Gasteiger partial charge in [0.05, 0.1) is 5.60 Å². The van der Waals surface area contributed by atoms with Crippen LogP contribution in [0.25, 0.3) is 0 Å². The fourth-order valence-corrected chi connectivity index (χ4v) is 2.06. The molecule has 0 N–H and O–H groups in total. The predicted octanol–water partition coefficient (Wildman–Crippen LogP) is 2.72. The molecular formula is C13H18O3. The van der Waals surface area contributed by atoms with E-state index >= 15 is 0 Å². The summed E-state index contributed by atoms with van der Waals surface area (Å²) in [4.78, 5) is 22.3. The third-order valence-corrected chi connectivity index (χ3v) is 2.81. The highest BCUT2D eigenvalue weighted by atomic mass is 17.2. The van der Waals surface area contributed by atoms with E-state index in [1.54, 1.807) is 12.2 Å². The second kappa shape index (κ2) is 3.82. The van der Waals surface area contributed by atoms with E-state index in [1.807, 2.05) is 26.8 Å². The van der Waals surface area contributed by atoms with Crippen molar-refractivity contribution in [1.82, 2.24) is 0 Å². The molecule has 0 radical (unpaired) electrons. The van der Waals surface area contributed by atoms with Crippen molar-refractivity contribution in [1.29, 1.82) is 0 Å². The van der Waals surface area contributed by atoms with Crippen molar-refractivity contribution in [3.05, 3.63) is 23.8 Å². The molecule has 3 heteroatoms. The van der Waals surface area contributed by atoms with E-state index in [2.05, 4.69) is 0 Å². The topological polar surface area (TPSA) is 35.5 Å². The predicted molar refractivity (Wildman–Crippen MR) is 60.7 cm³/mol. The molecule has 2 aliphatic carbocycles. The molecule has 1 atom stereocenters. The van der Waals surface area contributed by atoms with Gasteiger partial charge in [0.15, 0.2) is 5.78 Å². The van der Waals surface area contributed by atoms with Gasteiger partial charge in [-0.3, -0.25) is 4.79 Å². The van der Waals surface area contributed by atoms with Crippen molar-refractivity contribution in [3.8, 4) is 0 Å². The Labute approximate surface area is 96.0 Å². The number of ketones is 1. The van der Waals surface area contributed by atoms with Gasteiger partial charge in [0, 0.05) is 0 Å². The second-order valence-corrected chi connectivity index (χ2v) is 5.43. The highest BCUT2D eigenvalue weighted by Crippen LogP contribution is 2.42. The Hall–Kier alpha value is -0.930. The Kier molecular flexibility index (Phi) is 2.76. The van der Waals surface area contributed by atoms with Gasteiger partial charge in [-0.2, -0.15) is 0 Å². The average molecular weight is 222 g/mol. The van der Waals surface area contributed by atoms with Gasteiger partial charge < -0.3 is 0 Å². The lowest BCUT2D eigenvalue weighted by atomic mass is 9.91. The summed E-state index contributed by atoms with van der Waals surface area (Å²) in [6.07, 6.45) is 7.93. The molecule has 1 fully saturated rings. The van der Waals surface area contributed by atoms with Crippen LogP contribution in [0.15, 0.2) is 23.8 Å². The van der Waals surface area contributed by atoms with Gasteiger partial charge in [-0.25, -0.2) is 9.78 Å². The molecule has 0 heterocycles. The molecule has 1 saturated carbocycles. The van der Waals surface area contributed by atoms with Crippen molar-refractivity contribution in [3.63, 3.8) is 0 Å². The smallest absolute Gasteiger partial charge is 0.178 e. The third-order valence-electron chi connectivity index (χ3n) is 2.81. The van der Waals surface area contributed by atoms with Crippen LogP contribution in [0.4, 0.5) is 0 Å². The molecule has 2 aliphatic rings. The first-order valence-electron chi connectivity index (χ1n) is 5.72. The summed E-state index contributed by atoms with van der Waals surface area (Å²) in [5.74, 6) is 0.0480. The number of fused-ring (bicyclic) bond motifs is 1. The maximum Gasteiger partial charge on any atom is 0.178 e. The summed E-state index contributed by atoms with van der Waals surface area (Å²) in [6.45, 7) is 5.83. The Morgan fingerprint density at radius 1 is 1.38 bits per heavy atom. The van der Waals surface area contributed by atoms with E-state index in [9.17, 15) is 4.79 Å². The lowest BCUT2D eigenvalue weighted by molar-refractivity contribution is -0.384. The number of carbonyl (C=O) groups is 1. The molecule has 2 rings (SSSR count). The summed E-state index contributed by atoms with van der Waals surface area (Å²) >= 11 is 0. The summed E-state index contributed by atoms with van der Waals surface area (Å²) < 4.78 is 0. The molecule has 0 aliphatic heterocycles. The molecule has 0 amide bonds. The molecule has 3 nitrogen and oxygen atoms in total. The van der Waals surface area contributed by atoms with Crippen LogP contribution < -0.4 is 0 Å². The number of hydrogen-bond acceptors (Lipinski definition) is 3. The van der Waals surface area contributed by atoms with E-state index in [0.29, 0.717) is 0 Å². The summed E-state index contributed by atoms with van der Waals surface area (Å²) in [5.41, 5.74) is 0.225. The third kappa shape index (κ3) is 2.25.